The molecule has 0 amide bonds. The van der Waals surface area contributed by atoms with Crippen molar-refractivity contribution in [3.63, 3.8) is 0 Å². The zero-order valence-electron chi connectivity index (χ0n) is 14.8. The summed E-state index contributed by atoms with van der Waals surface area (Å²) in [4.78, 5) is 4.69. The van der Waals surface area contributed by atoms with Gasteiger partial charge in [0.15, 0.2) is 0 Å². The van der Waals surface area contributed by atoms with Gasteiger partial charge in [0, 0.05) is 19.6 Å². The molecule has 5 nitrogen and oxygen atoms in total. The van der Waals surface area contributed by atoms with Crippen molar-refractivity contribution in [1.82, 2.24) is 9.80 Å². The second-order valence-corrected chi connectivity index (χ2v) is 6.84. The largest absolute Gasteiger partial charge is 0.492 e. The summed E-state index contributed by atoms with van der Waals surface area (Å²) in [6.07, 6.45) is 2.17. The molecular formula is C19H29N3O2. The number of rotatable bonds is 8. The van der Waals surface area contributed by atoms with Crippen LogP contribution >= 0.6 is 0 Å². The third-order valence-corrected chi connectivity index (χ3v) is 4.52. The van der Waals surface area contributed by atoms with Crippen molar-refractivity contribution in [3.8, 4) is 11.8 Å². The van der Waals surface area contributed by atoms with Crippen LogP contribution in [0, 0.1) is 17.2 Å². The van der Waals surface area contributed by atoms with Crippen molar-refractivity contribution in [1.29, 1.82) is 5.26 Å². The number of likely N-dealkylation sites (N-methyl/N-ethyl adjacent to an activating group) is 1. The van der Waals surface area contributed by atoms with Crippen LogP contribution in [0.25, 0.3) is 0 Å². The lowest BCUT2D eigenvalue weighted by atomic mass is 9.96. The van der Waals surface area contributed by atoms with E-state index >= 15 is 0 Å². The van der Waals surface area contributed by atoms with E-state index in [1.54, 1.807) is 12.1 Å². The average Bonchev–Trinajstić information content (AvgIpc) is 2.57. The Hall–Kier alpha value is -1.61. The summed E-state index contributed by atoms with van der Waals surface area (Å²) in [6.45, 7) is 7.47. The highest BCUT2D eigenvalue weighted by Crippen LogP contribution is 2.18. The number of piperidine rings is 1. The molecule has 1 aromatic rings. The van der Waals surface area contributed by atoms with Crippen LogP contribution in [-0.4, -0.2) is 67.4 Å². The number of nitriles is 1. The van der Waals surface area contributed by atoms with E-state index in [-0.39, 0.29) is 6.10 Å². The average molecular weight is 331 g/mol. The minimum atomic E-state index is -0.233. The van der Waals surface area contributed by atoms with Gasteiger partial charge in [-0.25, -0.2) is 0 Å². The normalized spacial score (nSPS) is 17.6. The monoisotopic (exact) mass is 331 g/mol. The number of aliphatic hydroxyl groups excluding tert-OH is 1. The summed E-state index contributed by atoms with van der Waals surface area (Å²) < 4.78 is 5.74. The van der Waals surface area contributed by atoms with Crippen LogP contribution in [0.3, 0.4) is 0 Å². The molecule has 2 rings (SSSR count). The van der Waals surface area contributed by atoms with E-state index < -0.39 is 0 Å². The molecule has 1 heterocycles. The van der Waals surface area contributed by atoms with E-state index in [2.05, 4.69) is 22.9 Å². The van der Waals surface area contributed by atoms with Gasteiger partial charge in [-0.3, -0.25) is 0 Å². The maximum absolute atomic E-state index is 9.46. The van der Waals surface area contributed by atoms with E-state index in [9.17, 15) is 5.11 Å². The van der Waals surface area contributed by atoms with Crippen LogP contribution in [0.15, 0.2) is 24.3 Å². The summed E-state index contributed by atoms with van der Waals surface area (Å²) in [5.74, 6) is 1.55. The van der Waals surface area contributed by atoms with Gasteiger partial charge in [-0.15, -0.1) is 0 Å². The van der Waals surface area contributed by atoms with Gasteiger partial charge in [-0.2, -0.15) is 5.26 Å². The van der Waals surface area contributed by atoms with Crippen molar-refractivity contribution >= 4 is 0 Å². The van der Waals surface area contributed by atoms with Gasteiger partial charge in [0.05, 0.1) is 17.7 Å². The third kappa shape index (κ3) is 6.48. The van der Waals surface area contributed by atoms with Crippen LogP contribution in [0.5, 0.6) is 5.75 Å². The molecule has 1 unspecified atom stereocenters. The second kappa shape index (κ2) is 9.63. The van der Waals surface area contributed by atoms with E-state index in [1.807, 2.05) is 19.1 Å². The first kappa shape index (κ1) is 18.7. The molecule has 0 radical (unpaired) electrons. The van der Waals surface area contributed by atoms with Gasteiger partial charge in [-0.05, 0) is 70.1 Å². The summed E-state index contributed by atoms with van der Waals surface area (Å²) in [7, 11) is 2.14. The van der Waals surface area contributed by atoms with Crippen molar-refractivity contribution in [2.24, 2.45) is 5.92 Å². The quantitative estimate of drug-likeness (QED) is 0.789. The molecule has 0 spiro atoms. The lowest BCUT2D eigenvalue weighted by Crippen LogP contribution is -2.41. The number of nitrogens with zero attached hydrogens (tertiary/aromatic N) is 3. The minimum absolute atomic E-state index is 0.233. The van der Waals surface area contributed by atoms with E-state index in [0.717, 1.165) is 44.4 Å². The van der Waals surface area contributed by atoms with Crippen molar-refractivity contribution in [3.05, 3.63) is 29.8 Å². The first-order valence-electron chi connectivity index (χ1n) is 8.78. The number of hydrogen-bond acceptors (Lipinski definition) is 5. The Morgan fingerprint density at radius 3 is 2.58 bits per heavy atom. The Balaban J connectivity index is 1.61. The Kier molecular flexibility index (Phi) is 7.51. The summed E-state index contributed by atoms with van der Waals surface area (Å²) >= 11 is 0. The predicted molar refractivity (Wildman–Crippen MR) is 95.0 cm³/mol. The lowest BCUT2D eigenvalue weighted by molar-refractivity contribution is 0.0910. The molecule has 24 heavy (non-hydrogen) atoms. The lowest BCUT2D eigenvalue weighted by Gasteiger charge is -2.34. The Labute approximate surface area is 145 Å². The highest BCUT2D eigenvalue weighted by atomic mass is 16.5. The maximum atomic E-state index is 9.46. The van der Waals surface area contributed by atoms with Crippen molar-refractivity contribution in [2.45, 2.75) is 25.9 Å². The first-order valence-corrected chi connectivity index (χ1v) is 8.78. The van der Waals surface area contributed by atoms with Gasteiger partial charge in [0.2, 0.25) is 0 Å². The topological polar surface area (TPSA) is 59.7 Å². The van der Waals surface area contributed by atoms with E-state index in [0.29, 0.717) is 12.2 Å². The number of benzene rings is 1. The van der Waals surface area contributed by atoms with Gasteiger partial charge >= 0.3 is 0 Å². The van der Waals surface area contributed by atoms with Crippen LogP contribution in [0.1, 0.15) is 25.3 Å². The molecule has 1 aliphatic rings. The van der Waals surface area contributed by atoms with Crippen LogP contribution in [0.4, 0.5) is 0 Å². The predicted octanol–water partition coefficient (Wildman–Crippen LogP) is 1.96. The van der Waals surface area contributed by atoms with Crippen molar-refractivity contribution < 1.29 is 9.84 Å². The number of hydrogen-bond donors (Lipinski definition) is 1. The molecule has 1 atom stereocenters. The third-order valence-electron chi connectivity index (χ3n) is 4.52. The summed E-state index contributed by atoms with van der Waals surface area (Å²) in [5, 5.41) is 18.2. The molecule has 0 bridgehead atoms. The molecule has 132 valence electrons. The molecule has 0 aliphatic carbocycles. The molecular weight excluding hydrogens is 302 g/mol. The van der Waals surface area contributed by atoms with Crippen LogP contribution < -0.4 is 4.74 Å². The van der Waals surface area contributed by atoms with Gasteiger partial charge in [-0.1, -0.05) is 0 Å². The van der Waals surface area contributed by atoms with Crippen LogP contribution in [0.2, 0.25) is 0 Å². The van der Waals surface area contributed by atoms with E-state index in [4.69, 9.17) is 10.00 Å². The fourth-order valence-electron chi connectivity index (χ4n) is 3.20. The molecule has 1 saturated heterocycles. The Morgan fingerprint density at radius 1 is 1.33 bits per heavy atom. The number of ether oxygens (including phenoxy) is 1. The van der Waals surface area contributed by atoms with Gasteiger partial charge in [0.1, 0.15) is 12.4 Å². The molecule has 1 aromatic carbocycles. The number of β-amino-alcohol motifs (C(OH)–C–C–N with tert-alkyl or cyclic N) is 1. The van der Waals surface area contributed by atoms with Gasteiger partial charge in [0.25, 0.3) is 0 Å². The Morgan fingerprint density at radius 2 is 2.00 bits per heavy atom. The summed E-state index contributed by atoms with van der Waals surface area (Å²) in [6, 6.07) is 9.35. The van der Waals surface area contributed by atoms with Gasteiger partial charge < -0.3 is 19.6 Å². The van der Waals surface area contributed by atoms with E-state index in [1.165, 1.54) is 12.8 Å². The highest BCUT2D eigenvalue weighted by molar-refractivity contribution is 5.34. The zero-order valence-corrected chi connectivity index (χ0v) is 14.8. The molecule has 1 aliphatic heterocycles. The Bertz CT molecular complexity index is 516. The summed E-state index contributed by atoms with van der Waals surface area (Å²) in [5.41, 5.74) is 0.654. The smallest absolute Gasteiger partial charge is 0.119 e. The number of aliphatic hydroxyl groups is 1. The SMILES string of the molecule is CC(O)CN1CCC(CN(C)CCOc2ccc(C#N)cc2)CC1. The highest BCUT2D eigenvalue weighted by Gasteiger charge is 2.20. The second-order valence-electron chi connectivity index (χ2n) is 6.84. The maximum Gasteiger partial charge on any atom is 0.119 e. The molecule has 1 N–H and O–H groups in total. The standard InChI is InChI=1S/C19H29N3O2/c1-16(23)14-22-9-7-18(8-10-22)15-21(2)11-12-24-19-5-3-17(13-20)4-6-19/h3-6,16,18,23H,7-12,14-15H2,1-2H3. The number of likely N-dealkylation sites (tertiary alicyclic amines) is 1. The van der Waals surface area contributed by atoms with Crippen molar-refractivity contribution in [2.75, 3.05) is 46.4 Å². The first-order chi connectivity index (χ1) is 11.6. The minimum Gasteiger partial charge on any atom is -0.492 e. The molecule has 0 saturated carbocycles. The fraction of sp³-hybridized carbons (Fsp3) is 0.632. The zero-order chi connectivity index (χ0) is 17.4. The van der Waals surface area contributed by atoms with Crippen LogP contribution in [-0.2, 0) is 0 Å². The molecule has 0 aromatic heterocycles. The molecule has 1 fully saturated rings. The molecule has 5 heteroatoms. The fourth-order valence-corrected chi connectivity index (χ4v) is 3.20.